The molecule has 3 aliphatic rings. The quantitative estimate of drug-likeness (QED) is 0.820. The first kappa shape index (κ1) is 16.9. The fraction of sp³-hybridized carbons (Fsp3) is 0.286. The Morgan fingerprint density at radius 1 is 0.964 bits per heavy atom. The number of methoxy groups -OCH3 is 1. The summed E-state index contributed by atoms with van der Waals surface area (Å²) in [6.07, 6.45) is 0. The van der Waals surface area contributed by atoms with Crippen molar-refractivity contribution in [3.8, 4) is 5.75 Å². The number of para-hydroxylation sites is 1. The Morgan fingerprint density at radius 2 is 1.61 bits per heavy atom. The molecule has 0 saturated carbocycles. The summed E-state index contributed by atoms with van der Waals surface area (Å²) in [4.78, 5) is 40.6. The SMILES string of the molecule is COc1ccc([C@]23NC(=O)[C@](C)(O2)[C@H]2C(=O)N(c4ccccc4)C(=O)[C@H]23)cc1. The fourth-order valence-electron chi connectivity index (χ4n) is 4.66. The van der Waals surface area contributed by atoms with Crippen molar-refractivity contribution in [1.29, 1.82) is 0 Å². The minimum atomic E-state index is -1.40. The lowest BCUT2D eigenvalue weighted by Gasteiger charge is -2.32. The van der Waals surface area contributed by atoms with Gasteiger partial charge in [-0.1, -0.05) is 30.3 Å². The molecule has 142 valence electrons. The molecule has 7 heteroatoms. The van der Waals surface area contributed by atoms with Crippen molar-refractivity contribution in [3.05, 3.63) is 60.2 Å². The van der Waals surface area contributed by atoms with E-state index in [-0.39, 0.29) is 11.8 Å². The van der Waals surface area contributed by atoms with Gasteiger partial charge >= 0.3 is 0 Å². The molecule has 3 heterocycles. The van der Waals surface area contributed by atoms with E-state index in [9.17, 15) is 14.4 Å². The van der Waals surface area contributed by atoms with Gasteiger partial charge < -0.3 is 14.8 Å². The van der Waals surface area contributed by atoms with Crippen LogP contribution in [-0.2, 0) is 24.8 Å². The molecule has 3 aliphatic heterocycles. The zero-order chi connectivity index (χ0) is 19.7. The first-order chi connectivity index (χ1) is 13.4. The molecule has 0 radical (unpaired) electrons. The number of nitrogens with zero attached hydrogens (tertiary/aromatic N) is 1. The van der Waals surface area contributed by atoms with E-state index in [1.165, 1.54) is 4.90 Å². The molecule has 2 aromatic rings. The summed E-state index contributed by atoms with van der Waals surface area (Å²) in [5, 5.41) is 2.85. The second kappa shape index (κ2) is 5.42. The highest BCUT2D eigenvalue weighted by molar-refractivity contribution is 6.25. The molecule has 0 unspecified atom stereocenters. The van der Waals surface area contributed by atoms with Crippen LogP contribution in [0.3, 0.4) is 0 Å². The second-order valence-electron chi connectivity index (χ2n) is 7.43. The van der Waals surface area contributed by atoms with E-state index in [0.717, 1.165) is 0 Å². The standard InChI is InChI=1S/C21H18N2O5/c1-20-15-16(18(25)23(17(15)24)13-6-4-3-5-7-13)21(28-20,22-19(20)26)12-8-10-14(27-2)11-9-12/h3-11,15-16H,1-2H3,(H,22,26)/t15-,16+,20-,21+/m1/s1. The first-order valence-electron chi connectivity index (χ1n) is 9.02. The van der Waals surface area contributed by atoms with Crippen LogP contribution in [0.25, 0.3) is 0 Å². The zero-order valence-corrected chi connectivity index (χ0v) is 15.3. The molecule has 2 aromatic carbocycles. The molecule has 0 aromatic heterocycles. The zero-order valence-electron chi connectivity index (χ0n) is 15.3. The number of piperidine rings is 1. The summed E-state index contributed by atoms with van der Waals surface area (Å²) in [6.45, 7) is 1.58. The number of fused-ring (bicyclic) bond motifs is 5. The van der Waals surface area contributed by atoms with Crippen molar-refractivity contribution < 1.29 is 23.9 Å². The van der Waals surface area contributed by atoms with Crippen LogP contribution in [0.15, 0.2) is 54.6 Å². The number of imide groups is 1. The van der Waals surface area contributed by atoms with E-state index in [4.69, 9.17) is 9.47 Å². The van der Waals surface area contributed by atoms with Crippen molar-refractivity contribution in [2.24, 2.45) is 11.8 Å². The summed E-state index contributed by atoms with van der Waals surface area (Å²) in [5.41, 5.74) is -1.68. The number of rotatable bonds is 3. The normalized spacial score (nSPS) is 33.2. The van der Waals surface area contributed by atoms with Crippen LogP contribution in [-0.4, -0.2) is 30.4 Å². The van der Waals surface area contributed by atoms with E-state index in [0.29, 0.717) is 17.0 Å². The molecule has 0 spiro atoms. The number of hydrogen-bond donors (Lipinski definition) is 1. The Bertz CT molecular complexity index is 1010. The van der Waals surface area contributed by atoms with E-state index in [2.05, 4.69) is 5.32 Å². The van der Waals surface area contributed by atoms with Gasteiger partial charge in [0, 0.05) is 5.56 Å². The molecule has 7 nitrogen and oxygen atoms in total. The maximum atomic E-state index is 13.4. The monoisotopic (exact) mass is 378 g/mol. The van der Waals surface area contributed by atoms with Crippen LogP contribution < -0.4 is 15.0 Å². The van der Waals surface area contributed by atoms with Crippen LogP contribution >= 0.6 is 0 Å². The predicted octanol–water partition coefficient (Wildman–Crippen LogP) is 1.57. The molecule has 3 amide bonds. The number of carbonyl (C=O) groups excluding carboxylic acids is 3. The van der Waals surface area contributed by atoms with Gasteiger partial charge in [-0.2, -0.15) is 0 Å². The van der Waals surface area contributed by atoms with Gasteiger partial charge in [0.2, 0.25) is 11.8 Å². The van der Waals surface area contributed by atoms with Crippen molar-refractivity contribution in [2.75, 3.05) is 12.0 Å². The van der Waals surface area contributed by atoms with Gasteiger partial charge in [0.1, 0.15) is 11.7 Å². The Hall–Kier alpha value is -3.19. The molecule has 5 rings (SSSR count). The third-order valence-electron chi connectivity index (χ3n) is 5.99. The van der Waals surface area contributed by atoms with E-state index < -0.39 is 29.1 Å². The molecule has 3 fully saturated rings. The van der Waals surface area contributed by atoms with Gasteiger partial charge in [0.05, 0.1) is 18.7 Å². The largest absolute Gasteiger partial charge is 0.497 e. The Kier molecular flexibility index (Phi) is 3.28. The summed E-state index contributed by atoms with van der Waals surface area (Å²) in [5.74, 6) is -2.25. The molecule has 0 aliphatic carbocycles. The molecule has 2 bridgehead atoms. The van der Waals surface area contributed by atoms with Crippen molar-refractivity contribution >= 4 is 23.4 Å². The molecule has 28 heavy (non-hydrogen) atoms. The smallest absolute Gasteiger partial charge is 0.255 e. The summed E-state index contributed by atoms with van der Waals surface area (Å²) in [7, 11) is 1.56. The van der Waals surface area contributed by atoms with E-state index in [1.54, 1.807) is 62.6 Å². The van der Waals surface area contributed by atoms with Gasteiger partial charge in [0.25, 0.3) is 5.91 Å². The molecular formula is C21H18N2O5. The average molecular weight is 378 g/mol. The summed E-state index contributed by atoms with van der Waals surface area (Å²) < 4.78 is 11.3. The summed E-state index contributed by atoms with van der Waals surface area (Å²) in [6, 6.07) is 15.7. The number of anilines is 1. The van der Waals surface area contributed by atoms with Crippen LogP contribution in [0.1, 0.15) is 12.5 Å². The van der Waals surface area contributed by atoms with Crippen molar-refractivity contribution in [2.45, 2.75) is 18.2 Å². The minimum absolute atomic E-state index is 0.374. The second-order valence-corrected chi connectivity index (χ2v) is 7.43. The van der Waals surface area contributed by atoms with Crippen LogP contribution in [0.5, 0.6) is 5.75 Å². The highest BCUT2D eigenvalue weighted by Crippen LogP contribution is 2.59. The highest BCUT2D eigenvalue weighted by atomic mass is 16.6. The van der Waals surface area contributed by atoms with Crippen LogP contribution in [0.2, 0.25) is 0 Å². The molecular weight excluding hydrogens is 360 g/mol. The topological polar surface area (TPSA) is 84.9 Å². The Labute approximate surface area is 161 Å². The van der Waals surface area contributed by atoms with E-state index >= 15 is 0 Å². The number of hydrogen-bond acceptors (Lipinski definition) is 5. The van der Waals surface area contributed by atoms with Gasteiger partial charge in [-0.3, -0.25) is 14.4 Å². The van der Waals surface area contributed by atoms with Crippen molar-refractivity contribution in [3.63, 3.8) is 0 Å². The number of amides is 3. The number of carbonyl (C=O) groups is 3. The average Bonchev–Trinajstić information content (AvgIpc) is 3.25. The predicted molar refractivity (Wildman–Crippen MR) is 98.2 cm³/mol. The number of ether oxygens (including phenoxy) is 2. The number of nitrogens with one attached hydrogen (secondary N) is 1. The third-order valence-corrected chi connectivity index (χ3v) is 5.99. The van der Waals surface area contributed by atoms with Crippen LogP contribution in [0.4, 0.5) is 5.69 Å². The first-order valence-corrected chi connectivity index (χ1v) is 9.02. The Balaban J connectivity index is 1.65. The maximum absolute atomic E-state index is 13.4. The van der Waals surface area contributed by atoms with Gasteiger partial charge in [-0.05, 0) is 31.2 Å². The third kappa shape index (κ3) is 1.89. The number of benzene rings is 2. The van der Waals surface area contributed by atoms with Gasteiger partial charge in [-0.25, -0.2) is 4.90 Å². The lowest BCUT2D eigenvalue weighted by atomic mass is 9.74. The maximum Gasteiger partial charge on any atom is 0.255 e. The lowest BCUT2D eigenvalue weighted by molar-refractivity contribution is -0.140. The molecule has 1 N–H and O–H groups in total. The van der Waals surface area contributed by atoms with Crippen molar-refractivity contribution in [1.82, 2.24) is 5.32 Å². The van der Waals surface area contributed by atoms with Gasteiger partial charge in [-0.15, -0.1) is 0 Å². The lowest BCUT2D eigenvalue weighted by Crippen LogP contribution is -2.55. The minimum Gasteiger partial charge on any atom is -0.497 e. The Morgan fingerprint density at radius 3 is 2.25 bits per heavy atom. The highest BCUT2D eigenvalue weighted by Gasteiger charge is 2.78. The fourth-order valence-corrected chi connectivity index (χ4v) is 4.66. The van der Waals surface area contributed by atoms with Gasteiger partial charge in [0.15, 0.2) is 11.3 Å². The van der Waals surface area contributed by atoms with Crippen LogP contribution in [0, 0.1) is 11.8 Å². The molecule has 3 saturated heterocycles. The molecule has 4 atom stereocenters. The van der Waals surface area contributed by atoms with E-state index in [1.807, 2.05) is 6.07 Å². The summed E-state index contributed by atoms with van der Waals surface area (Å²) >= 11 is 0.